The average Bonchev–Trinajstić information content (AvgIpc) is 3.44. The Kier molecular flexibility index (Phi) is 3.60. The molecule has 3 heterocycles. The fraction of sp³-hybridized carbons (Fsp3) is 0.435. The molecule has 0 aromatic heterocycles. The Morgan fingerprint density at radius 3 is 2.77 bits per heavy atom. The summed E-state index contributed by atoms with van der Waals surface area (Å²) < 4.78 is 22.5. The minimum atomic E-state index is -0.631. The Morgan fingerprint density at radius 1 is 1.17 bits per heavy atom. The van der Waals surface area contributed by atoms with E-state index in [0.29, 0.717) is 17.9 Å². The molecule has 30 heavy (non-hydrogen) atoms. The van der Waals surface area contributed by atoms with Gasteiger partial charge in [-0.15, -0.1) is 0 Å². The summed E-state index contributed by atoms with van der Waals surface area (Å²) >= 11 is 0. The van der Waals surface area contributed by atoms with Crippen molar-refractivity contribution in [3.8, 4) is 23.0 Å². The van der Waals surface area contributed by atoms with Crippen LogP contribution in [0.25, 0.3) is 0 Å². The van der Waals surface area contributed by atoms with Crippen molar-refractivity contribution in [2.24, 2.45) is 5.92 Å². The van der Waals surface area contributed by atoms with Gasteiger partial charge in [-0.2, -0.15) is 0 Å². The van der Waals surface area contributed by atoms with Crippen molar-refractivity contribution >= 4 is 5.91 Å². The molecule has 1 N–H and O–H groups in total. The summed E-state index contributed by atoms with van der Waals surface area (Å²) in [6.45, 7) is 1.07. The van der Waals surface area contributed by atoms with E-state index in [0.717, 1.165) is 41.2 Å². The molecule has 2 aromatic rings. The Labute approximate surface area is 174 Å². The number of nitrogens with one attached hydrogen (secondary N) is 1. The average molecular weight is 408 g/mol. The molecule has 1 aliphatic carbocycles. The zero-order valence-electron chi connectivity index (χ0n) is 17.3. The summed E-state index contributed by atoms with van der Waals surface area (Å²) in [5.74, 6) is 2.88. The Balaban J connectivity index is 1.59. The van der Waals surface area contributed by atoms with Gasteiger partial charge in [-0.1, -0.05) is 6.07 Å². The number of hydrogen-bond acceptors (Lipinski definition) is 6. The van der Waals surface area contributed by atoms with E-state index >= 15 is 0 Å². The van der Waals surface area contributed by atoms with Crippen LogP contribution >= 0.6 is 0 Å². The van der Waals surface area contributed by atoms with Gasteiger partial charge in [0, 0.05) is 23.6 Å². The highest BCUT2D eigenvalue weighted by Crippen LogP contribution is 2.59. The molecule has 1 saturated heterocycles. The predicted molar refractivity (Wildman–Crippen MR) is 108 cm³/mol. The summed E-state index contributed by atoms with van der Waals surface area (Å²) in [6.07, 6.45) is 1.55. The van der Waals surface area contributed by atoms with Crippen LogP contribution in [0.2, 0.25) is 0 Å². The number of fused-ring (bicyclic) bond motifs is 8. The smallest absolute Gasteiger partial charge is 0.231 e. The van der Waals surface area contributed by atoms with Crippen molar-refractivity contribution in [1.82, 2.24) is 10.2 Å². The summed E-state index contributed by atoms with van der Waals surface area (Å²) in [5.41, 5.74) is 3.90. The number of rotatable bonds is 2. The van der Waals surface area contributed by atoms with Crippen molar-refractivity contribution in [2.45, 2.75) is 24.4 Å². The Bertz CT molecular complexity index is 1080. The van der Waals surface area contributed by atoms with E-state index in [1.165, 1.54) is 5.56 Å². The lowest BCUT2D eigenvalue weighted by atomic mass is 9.75. The third-order valence-corrected chi connectivity index (χ3v) is 7.28. The van der Waals surface area contributed by atoms with Crippen LogP contribution < -0.4 is 24.3 Å². The van der Waals surface area contributed by atoms with Crippen LogP contribution in [0.4, 0.5) is 0 Å². The summed E-state index contributed by atoms with van der Waals surface area (Å²) in [7, 11) is 5.39. The van der Waals surface area contributed by atoms with Crippen molar-refractivity contribution in [2.75, 3.05) is 34.6 Å². The van der Waals surface area contributed by atoms with Crippen molar-refractivity contribution < 1.29 is 23.7 Å². The molecule has 2 aromatic carbocycles. The minimum Gasteiger partial charge on any atom is -0.493 e. The Hall–Kier alpha value is -2.93. The van der Waals surface area contributed by atoms with Gasteiger partial charge in [-0.3, -0.25) is 9.69 Å². The van der Waals surface area contributed by atoms with Crippen LogP contribution in [-0.2, 0) is 23.3 Å². The standard InChI is InChI=1S/C23H24N2O5/c1-25-7-6-12-8-18(27-2)19(28-3)10-16(12)23(25)20-13-4-5-17-21(30-11-29-17)14(13)9-15(20)22(26)24-23/h4-5,8,10,15,20H,6-7,9,11H2,1-3H3,(H,24,26)/t15-,20+,23-/m1/s1. The number of methoxy groups -OCH3 is 2. The molecular weight excluding hydrogens is 384 g/mol. The molecule has 7 nitrogen and oxygen atoms in total. The van der Waals surface area contributed by atoms with Crippen LogP contribution in [0.1, 0.15) is 28.2 Å². The maximum atomic E-state index is 13.3. The normalized spacial score (nSPS) is 28.2. The number of carbonyl (C=O) groups excluding carboxylic acids is 1. The van der Waals surface area contributed by atoms with Gasteiger partial charge in [-0.05, 0) is 49.2 Å². The van der Waals surface area contributed by atoms with Crippen LogP contribution in [0.3, 0.4) is 0 Å². The maximum absolute atomic E-state index is 13.3. The fourth-order valence-corrected chi connectivity index (χ4v) is 5.94. The topological polar surface area (TPSA) is 69.3 Å². The van der Waals surface area contributed by atoms with Crippen LogP contribution in [0.15, 0.2) is 24.3 Å². The monoisotopic (exact) mass is 408 g/mol. The summed E-state index contributed by atoms with van der Waals surface area (Å²) in [4.78, 5) is 15.5. The quantitative estimate of drug-likeness (QED) is 0.821. The van der Waals surface area contributed by atoms with E-state index in [2.05, 4.69) is 29.4 Å². The lowest BCUT2D eigenvalue weighted by Gasteiger charge is -2.47. The second-order valence-corrected chi connectivity index (χ2v) is 8.45. The first-order valence-electron chi connectivity index (χ1n) is 10.3. The molecule has 0 saturated carbocycles. The lowest BCUT2D eigenvalue weighted by molar-refractivity contribution is -0.123. The molecule has 1 spiro atoms. The van der Waals surface area contributed by atoms with Gasteiger partial charge in [0.1, 0.15) is 5.66 Å². The Morgan fingerprint density at radius 2 is 1.97 bits per heavy atom. The first-order valence-corrected chi connectivity index (χ1v) is 10.3. The maximum Gasteiger partial charge on any atom is 0.231 e. The van der Waals surface area contributed by atoms with E-state index in [4.69, 9.17) is 18.9 Å². The van der Waals surface area contributed by atoms with Crippen molar-refractivity contribution in [3.63, 3.8) is 0 Å². The third-order valence-electron chi connectivity index (χ3n) is 7.28. The van der Waals surface area contributed by atoms with E-state index in [1.54, 1.807) is 14.2 Å². The summed E-state index contributed by atoms with van der Waals surface area (Å²) in [5, 5.41) is 3.39. The van der Waals surface area contributed by atoms with Gasteiger partial charge >= 0.3 is 0 Å². The number of amides is 1. The number of nitrogens with zero attached hydrogens (tertiary/aromatic N) is 1. The molecule has 0 unspecified atom stereocenters. The van der Waals surface area contributed by atoms with Gasteiger partial charge in [0.15, 0.2) is 23.0 Å². The van der Waals surface area contributed by atoms with Crippen LogP contribution in [-0.4, -0.2) is 45.4 Å². The fourth-order valence-electron chi connectivity index (χ4n) is 5.94. The first-order chi connectivity index (χ1) is 14.6. The molecule has 7 heteroatoms. The number of carbonyl (C=O) groups is 1. The van der Waals surface area contributed by atoms with Crippen molar-refractivity contribution in [1.29, 1.82) is 0 Å². The summed E-state index contributed by atoms with van der Waals surface area (Å²) in [6, 6.07) is 8.17. The molecule has 0 bridgehead atoms. The first kappa shape index (κ1) is 17.9. The van der Waals surface area contributed by atoms with Gasteiger partial charge in [-0.25, -0.2) is 0 Å². The van der Waals surface area contributed by atoms with Gasteiger partial charge in [0.2, 0.25) is 12.7 Å². The highest BCUT2D eigenvalue weighted by molar-refractivity contribution is 5.87. The van der Waals surface area contributed by atoms with E-state index in [1.807, 2.05) is 12.1 Å². The van der Waals surface area contributed by atoms with E-state index < -0.39 is 5.66 Å². The highest BCUT2D eigenvalue weighted by atomic mass is 16.7. The minimum absolute atomic E-state index is 0.0170. The van der Waals surface area contributed by atoms with Gasteiger partial charge in [0.05, 0.1) is 20.1 Å². The molecule has 1 fully saturated rings. The SMILES string of the molecule is COc1cc2c(cc1OC)[C@@]1(NC(=O)[C@@H]3Cc4c(ccc5c4OCO5)[C@@H]31)N(C)CC2. The number of benzene rings is 2. The number of hydrogen-bond donors (Lipinski definition) is 1. The van der Waals surface area contributed by atoms with Gasteiger partial charge < -0.3 is 24.3 Å². The molecular formula is C23H24N2O5. The molecule has 4 aliphatic rings. The molecule has 0 radical (unpaired) electrons. The molecule has 3 atom stereocenters. The van der Waals surface area contributed by atoms with E-state index in [-0.39, 0.29) is 24.5 Å². The largest absolute Gasteiger partial charge is 0.493 e. The number of likely N-dealkylation sites (N-methyl/N-ethyl adjacent to an activating group) is 1. The predicted octanol–water partition coefficient (Wildman–Crippen LogP) is 2.16. The van der Waals surface area contributed by atoms with E-state index in [9.17, 15) is 4.79 Å². The zero-order valence-corrected chi connectivity index (χ0v) is 17.3. The molecule has 156 valence electrons. The second-order valence-electron chi connectivity index (χ2n) is 8.45. The van der Waals surface area contributed by atoms with Crippen LogP contribution in [0.5, 0.6) is 23.0 Å². The van der Waals surface area contributed by atoms with Crippen molar-refractivity contribution in [3.05, 3.63) is 46.5 Å². The highest BCUT2D eigenvalue weighted by Gasteiger charge is 2.62. The number of ether oxygens (including phenoxy) is 4. The van der Waals surface area contributed by atoms with Crippen LogP contribution in [0, 0.1) is 5.92 Å². The molecule has 6 rings (SSSR count). The van der Waals surface area contributed by atoms with Gasteiger partial charge in [0.25, 0.3) is 0 Å². The zero-order chi connectivity index (χ0) is 20.6. The molecule has 3 aliphatic heterocycles. The second kappa shape index (κ2) is 6.04. The molecule has 1 amide bonds. The third kappa shape index (κ3) is 2.06. The lowest BCUT2D eigenvalue weighted by Crippen LogP contribution is -2.58.